The highest BCUT2D eigenvalue weighted by molar-refractivity contribution is 6.30. The van der Waals surface area contributed by atoms with Gasteiger partial charge in [-0.3, -0.25) is 4.79 Å². The van der Waals surface area contributed by atoms with Crippen LogP contribution in [-0.2, 0) is 11.2 Å². The van der Waals surface area contributed by atoms with Crippen molar-refractivity contribution >= 4 is 17.5 Å². The molecule has 1 aromatic carbocycles. The topological polar surface area (TPSA) is 78.9 Å². The fourth-order valence-electron chi connectivity index (χ4n) is 1.88. The number of rotatable bonds is 4. The van der Waals surface area contributed by atoms with Crippen molar-refractivity contribution in [3.8, 4) is 17.5 Å². The molecule has 0 saturated heterocycles. The van der Waals surface area contributed by atoms with E-state index < -0.39 is 5.54 Å². The maximum atomic E-state index is 12.0. The number of carbonyl (C=O) groups is 1. The van der Waals surface area contributed by atoms with Crippen LogP contribution in [0.15, 0.2) is 28.7 Å². The lowest BCUT2D eigenvalue weighted by Gasteiger charge is -2.16. The van der Waals surface area contributed by atoms with Crippen molar-refractivity contribution in [3.63, 3.8) is 0 Å². The van der Waals surface area contributed by atoms with Gasteiger partial charge in [0.05, 0.1) is 18.2 Å². The van der Waals surface area contributed by atoms with Gasteiger partial charge < -0.3 is 9.73 Å². The van der Waals surface area contributed by atoms with Gasteiger partial charge in [-0.1, -0.05) is 11.6 Å². The summed E-state index contributed by atoms with van der Waals surface area (Å²) < 4.78 is 5.60. The van der Waals surface area contributed by atoms with Crippen LogP contribution in [0.4, 0.5) is 0 Å². The fourth-order valence-corrected chi connectivity index (χ4v) is 2.01. The van der Waals surface area contributed by atoms with Crippen molar-refractivity contribution in [1.29, 1.82) is 5.26 Å². The number of carbonyl (C=O) groups excluding carboxylic acids is 1. The third kappa shape index (κ3) is 3.86. The highest BCUT2D eigenvalue weighted by Crippen LogP contribution is 2.23. The van der Waals surface area contributed by atoms with Gasteiger partial charge in [0.2, 0.25) is 11.8 Å². The van der Waals surface area contributed by atoms with E-state index in [1.807, 2.05) is 6.07 Å². The van der Waals surface area contributed by atoms with Crippen LogP contribution in [0.2, 0.25) is 5.02 Å². The molecule has 0 bridgehead atoms. The molecule has 2 rings (SSSR count). The number of oxazole rings is 1. The number of hydrogen-bond donors (Lipinski definition) is 1. The standard InChI is InChI=1S/C16H16ClN3O2/c1-10-13(8-14(21)20-16(2,3)9-18)19-15(22-10)11-4-6-12(17)7-5-11/h4-7H,8H2,1-3H3,(H,20,21). The maximum Gasteiger partial charge on any atom is 0.227 e. The van der Waals surface area contributed by atoms with Gasteiger partial charge in [0.1, 0.15) is 11.3 Å². The second-order valence-electron chi connectivity index (χ2n) is 5.49. The third-order valence-electron chi connectivity index (χ3n) is 3.04. The molecule has 0 atom stereocenters. The minimum absolute atomic E-state index is 0.0635. The molecule has 0 saturated carbocycles. The Kier molecular flexibility index (Phi) is 4.53. The molecule has 1 N–H and O–H groups in total. The predicted molar refractivity (Wildman–Crippen MR) is 83.2 cm³/mol. The highest BCUT2D eigenvalue weighted by Gasteiger charge is 2.21. The van der Waals surface area contributed by atoms with E-state index in [0.717, 1.165) is 5.56 Å². The van der Waals surface area contributed by atoms with Crippen LogP contribution in [0.1, 0.15) is 25.3 Å². The van der Waals surface area contributed by atoms with Crippen LogP contribution in [0.5, 0.6) is 0 Å². The molecular weight excluding hydrogens is 302 g/mol. The molecule has 6 heteroatoms. The molecule has 0 aliphatic rings. The van der Waals surface area contributed by atoms with Gasteiger partial charge in [0.25, 0.3) is 0 Å². The molecule has 1 aromatic heterocycles. The summed E-state index contributed by atoms with van der Waals surface area (Å²) in [6.45, 7) is 5.03. The average molecular weight is 318 g/mol. The molecule has 0 aliphatic heterocycles. The zero-order valence-corrected chi connectivity index (χ0v) is 13.4. The zero-order valence-electron chi connectivity index (χ0n) is 12.6. The smallest absolute Gasteiger partial charge is 0.227 e. The molecule has 0 unspecified atom stereocenters. The summed E-state index contributed by atoms with van der Waals surface area (Å²) >= 11 is 5.85. The van der Waals surface area contributed by atoms with E-state index in [-0.39, 0.29) is 12.3 Å². The van der Waals surface area contributed by atoms with E-state index in [1.54, 1.807) is 45.0 Å². The first kappa shape index (κ1) is 16.1. The summed E-state index contributed by atoms with van der Waals surface area (Å²) in [5.41, 5.74) is 0.431. The SMILES string of the molecule is Cc1oc(-c2ccc(Cl)cc2)nc1CC(=O)NC(C)(C)C#N. The number of halogens is 1. The molecule has 114 valence electrons. The molecule has 0 radical (unpaired) electrons. The zero-order chi connectivity index (χ0) is 16.3. The summed E-state index contributed by atoms with van der Waals surface area (Å²) in [6.07, 6.45) is 0.0635. The van der Waals surface area contributed by atoms with Crippen LogP contribution in [0.3, 0.4) is 0 Å². The van der Waals surface area contributed by atoms with Crippen LogP contribution >= 0.6 is 11.6 Å². The number of nitriles is 1. The molecule has 1 amide bonds. The van der Waals surface area contributed by atoms with Crippen LogP contribution in [0.25, 0.3) is 11.5 Å². The molecule has 5 nitrogen and oxygen atoms in total. The van der Waals surface area contributed by atoms with Gasteiger partial charge in [-0.05, 0) is 45.0 Å². The lowest BCUT2D eigenvalue weighted by atomic mass is 10.1. The molecular formula is C16H16ClN3O2. The Morgan fingerprint density at radius 1 is 1.41 bits per heavy atom. The van der Waals surface area contributed by atoms with Gasteiger partial charge in [0.15, 0.2) is 0 Å². The van der Waals surface area contributed by atoms with Crippen LogP contribution < -0.4 is 5.32 Å². The minimum atomic E-state index is -0.909. The summed E-state index contributed by atoms with van der Waals surface area (Å²) in [5.74, 6) is 0.747. The number of aromatic nitrogens is 1. The first-order chi connectivity index (χ1) is 10.3. The van der Waals surface area contributed by atoms with Crippen molar-refractivity contribution in [2.75, 3.05) is 0 Å². The molecule has 0 aliphatic carbocycles. The molecule has 2 aromatic rings. The Morgan fingerprint density at radius 2 is 2.05 bits per heavy atom. The second-order valence-corrected chi connectivity index (χ2v) is 5.93. The number of aryl methyl sites for hydroxylation is 1. The lowest BCUT2D eigenvalue weighted by Crippen LogP contribution is -2.42. The summed E-state index contributed by atoms with van der Waals surface area (Å²) in [5, 5.41) is 12.2. The number of hydrogen-bond acceptors (Lipinski definition) is 4. The van der Waals surface area contributed by atoms with Gasteiger partial charge >= 0.3 is 0 Å². The van der Waals surface area contributed by atoms with E-state index in [4.69, 9.17) is 21.3 Å². The van der Waals surface area contributed by atoms with Crippen molar-refractivity contribution in [2.45, 2.75) is 32.7 Å². The summed E-state index contributed by atoms with van der Waals surface area (Å²) in [6, 6.07) is 9.12. The molecule has 0 spiro atoms. The Bertz CT molecular complexity index is 727. The molecule has 22 heavy (non-hydrogen) atoms. The summed E-state index contributed by atoms with van der Waals surface area (Å²) in [4.78, 5) is 16.3. The van der Waals surface area contributed by atoms with Gasteiger partial charge in [0, 0.05) is 10.6 Å². The highest BCUT2D eigenvalue weighted by atomic mass is 35.5. The van der Waals surface area contributed by atoms with Crippen molar-refractivity contribution < 1.29 is 9.21 Å². The van der Waals surface area contributed by atoms with Crippen molar-refractivity contribution in [2.24, 2.45) is 0 Å². The number of nitrogens with zero attached hydrogens (tertiary/aromatic N) is 2. The van der Waals surface area contributed by atoms with Crippen LogP contribution in [0, 0.1) is 18.3 Å². The monoisotopic (exact) mass is 317 g/mol. The Morgan fingerprint density at radius 3 is 2.64 bits per heavy atom. The Balaban J connectivity index is 2.15. The van der Waals surface area contributed by atoms with Crippen molar-refractivity contribution in [3.05, 3.63) is 40.7 Å². The molecule has 0 fully saturated rings. The van der Waals surface area contributed by atoms with E-state index in [9.17, 15) is 4.79 Å². The first-order valence-corrected chi connectivity index (χ1v) is 7.13. The Hall–Kier alpha value is -2.32. The van der Waals surface area contributed by atoms with Crippen LogP contribution in [-0.4, -0.2) is 16.4 Å². The normalized spacial score (nSPS) is 11.0. The third-order valence-corrected chi connectivity index (χ3v) is 3.30. The Labute approximate surface area is 133 Å². The van der Waals surface area contributed by atoms with E-state index in [0.29, 0.717) is 22.4 Å². The largest absolute Gasteiger partial charge is 0.441 e. The second kappa shape index (κ2) is 6.20. The predicted octanol–water partition coefficient (Wildman–Crippen LogP) is 3.26. The first-order valence-electron chi connectivity index (χ1n) is 6.75. The number of amides is 1. The van der Waals surface area contributed by atoms with E-state index in [1.165, 1.54) is 0 Å². The fraction of sp³-hybridized carbons (Fsp3) is 0.312. The van der Waals surface area contributed by atoms with Gasteiger partial charge in [-0.2, -0.15) is 5.26 Å². The number of nitrogens with one attached hydrogen (secondary N) is 1. The lowest BCUT2D eigenvalue weighted by molar-refractivity contribution is -0.121. The summed E-state index contributed by atoms with van der Waals surface area (Å²) in [7, 11) is 0. The number of benzene rings is 1. The molecule has 1 heterocycles. The van der Waals surface area contributed by atoms with Crippen molar-refractivity contribution in [1.82, 2.24) is 10.3 Å². The quantitative estimate of drug-likeness (QED) is 0.938. The maximum absolute atomic E-state index is 12.0. The minimum Gasteiger partial charge on any atom is -0.441 e. The van der Waals surface area contributed by atoms with E-state index >= 15 is 0 Å². The average Bonchev–Trinajstić information content (AvgIpc) is 2.80. The van der Waals surface area contributed by atoms with Gasteiger partial charge in [-0.25, -0.2) is 4.98 Å². The van der Waals surface area contributed by atoms with Gasteiger partial charge in [-0.15, -0.1) is 0 Å². The van der Waals surface area contributed by atoms with E-state index in [2.05, 4.69) is 10.3 Å².